The highest BCUT2D eigenvalue weighted by Gasteiger charge is 2.48. The number of hydrogen-bond donors (Lipinski definition) is 2. The summed E-state index contributed by atoms with van der Waals surface area (Å²) in [5, 5.41) is -0.797. The minimum absolute atomic E-state index is 0.0101. The molecule has 2 atom stereocenters. The molecule has 0 bridgehead atoms. The lowest BCUT2D eigenvalue weighted by Gasteiger charge is -2.13. The quantitative estimate of drug-likeness (QED) is 0.692. The van der Waals surface area contributed by atoms with Gasteiger partial charge in [-0.15, -0.1) is 0 Å². The first-order valence-corrected chi connectivity index (χ1v) is 6.43. The molecule has 14 heavy (non-hydrogen) atoms. The predicted molar refractivity (Wildman–Crippen MR) is 60.5 cm³/mol. The van der Waals surface area contributed by atoms with Crippen molar-refractivity contribution in [2.24, 2.45) is 11.1 Å². The third-order valence-corrected chi connectivity index (χ3v) is 4.99. The van der Waals surface area contributed by atoms with Crippen LogP contribution < -0.4 is 10.5 Å². The Hall–Kier alpha value is -0.200. The third kappa shape index (κ3) is 2.43. The molecule has 1 saturated carbocycles. The first-order chi connectivity index (χ1) is 6.17. The summed E-state index contributed by atoms with van der Waals surface area (Å²) in [6.07, 6.45) is 0.871. The van der Waals surface area contributed by atoms with Gasteiger partial charge < -0.3 is 5.73 Å². The van der Waals surface area contributed by atoms with E-state index in [9.17, 15) is 8.42 Å². The van der Waals surface area contributed by atoms with E-state index in [1.807, 2.05) is 13.8 Å². The summed E-state index contributed by atoms with van der Waals surface area (Å²) in [4.78, 5) is 0.0101. The van der Waals surface area contributed by atoms with E-state index in [1.165, 1.54) is 6.92 Å². The Labute approximate surface area is 90.3 Å². The van der Waals surface area contributed by atoms with Gasteiger partial charge in [-0.2, -0.15) is 0 Å². The molecule has 0 spiro atoms. The summed E-state index contributed by atoms with van der Waals surface area (Å²) in [6, 6.07) is 0.0318. The number of hydrogen-bond acceptors (Lipinski definition) is 3. The van der Waals surface area contributed by atoms with Crippen molar-refractivity contribution in [1.29, 1.82) is 0 Å². The second-order valence-corrected chi connectivity index (χ2v) is 6.96. The van der Waals surface area contributed by atoms with Gasteiger partial charge in [0.25, 0.3) is 0 Å². The van der Waals surface area contributed by atoms with E-state index in [-0.39, 0.29) is 16.4 Å². The molecule has 3 N–H and O–H groups in total. The van der Waals surface area contributed by atoms with Crippen molar-refractivity contribution < 1.29 is 8.42 Å². The molecular formula is C8H16N2O2S2. The molecule has 1 aliphatic rings. The van der Waals surface area contributed by atoms with Gasteiger partial charge in [0.15, 0.2) is 0 Å². The Bertz CT molecular complexity index is 348. The summed E-state index contributed by atoms with van der Waals surface area (Å²) in [5.74, 6) is 0. The van der Waals surface area contributed by atoms with Gasteiger partial charge in [0.1, 0.15) is 5.25 Å². The smallest absolute Gasteiger partial charge is 0.221 e. The van der Waals surface area contributed by atoms with Gasteiger partial charge in [-0.25, -0.2) is 13.1 Å². The van der Waals surface area contributed by atoms with Crippen molar-refractivity contribution in [2.45, 2.75) is 38.5 Å². The zero-order valence-electron chi connectivity index (χ0n) is 8.57. The molecule has 0 aliphatic heterocycles. The Morgan fingerprint density at radius 3 is 2.36 bits per heavy atom. The standard InChI is InChI=1S/C8H16N2O2S2/c1-5(7(9)13)14(11,12)10-6-4-8(6,2)3/h5-6,10H,4H2,1-3H3,(H2,9,13). The van der Waals surface area contributed by atoms with Crippen LogP contribution in [-0.4, -0.2) is 24.7 Å². The maximum atomic E-state index is 11.6. The zero-order valence-corrected chi connectivity index (χ0v) is 10.2. The molecule has 4 nitrogen and oxygen atoms in total. The largest absolute Gasteiger partial charge is 0.392 e. The molecule has 1 fully saturated rings. The van der Waals surface area contributed by atoms with Gasteiger partial charge in [-0.1, -0.05) is 26.1 Å². The molecule has 2 unspecified atom stereocenters. The Kier molecular flexibility index (Phi) is 2.91. The van der Waals surface area contributed by atoms with Crippen molar-refractivity contribution in [1.82, 2.24) is 4.72 Å². The van der Waals surface area contributed by atoms with Crippen molar-refractivity contribution in [3.63, 3.8) is 0 Å². The fourth-order valence-corrected chi connectivity index (χ4v) is 2.81. The summed E-state index contributed by atoms with van der Waals surface area (Å²) >= 11 is 4.66. The Balaban J connectivity index is 2.65. The number of nitrogens with one attached hydrogen (secondary N) is 1. The van der Waals surface area contributed by atoms with Crippen molar-refractivity contribution in [3.8, 4) is 0 Å². The van der Waals surface area contributed by atoms with Crippen LogP contribution in [-0.2, 0) is 10.0 Å². The molecule has 0 heterocycles. The average molecular weight is 236 g/mol. The molecule has 1 aliphatic carbocycles. The van der Waals surface area contributed by atoms with E-state index in [1.54, 1.807) is 0 Å². The number of sulfonamides is 1. The van der Waals surface area contributed by atoms with E-state index >= 15 is 0 Å². The molecular weight excluding hydrogens is 220 g/mol. The van der Waals surface area contributed by atoms with Crippen molar-refractivity contribution in [2.75, 3.05) is 0 Å². The van der Waals surface area contributed by atoms with Gasteiger partial charge in [0.05, 0.1) is 4.99 Å². The average Bonchev–Trinajstić information content (AvgIpc) is 2.55. The maximum absolute atomic E-state index is 11.6. The lowest BCUT2D eigenvalue weighted by atomic mass is 10.2. The molecule has 0 aromatic carbocycles. The van der Waals surface area contributed by atoms with Crippen LogP contribution in [0.2, 0.25) is 0 Å². The Morgan fingerprint density at radius 2 is 2.07 bits per heavy atom. The lowest BCUT2D eigenvalue weighted by Crippen LogP contribution is -2.41. The Morgan fingerprint density at radius 1 is 1.64 bits per heavy atom. The van der Waals surface area contributed by atoms with E-state index in [0.29, 0.717) is 0 Å². The molecule has 82 valence electrons. The van der Waals surface area contributed by atoms with E-state index in [4.69, 9.17) is 5.73 Å². The molecule has 0 radical (unpaired) electrons. The van der Waals surface area contributed by atoms with Crippen LogP contribution in [0.1, 0.15) is 27.2 Å². The third-order valence-electron chi connectivity index (χ3n) is 2.69. The van der Waals surface area contributed by atoms with Crippen LogP contribution in [0.3, 0.4) is 0 Å². The molecule has 0 amide bonds. The molecule has 0 aromatic rings. The fraction of sp³-hybridized carbons (Fsp3) is 0.875. The van der Waals surface area contributed by atoms with Crippen LogP contribution in [0.5, 0.6) is 0 Å². The highest BCUT2D eigenvalue weighted by Crippen LogP contribution is 2.45. The molecule has 0 saturated heterocycles. The van der Waals surface area contributed by atoms with Crippen molar-refractivity contribution in [3.05, 3.63) is 0 Å². The first-order valence-electron chi connectivity index (χ1n) is 4.47. The summed E-state index contributed by atoms with van der Waals surface area (Å²) in [6.45, 7) is 5.54. The molecule has 0 aromatic heterocycles. The topological polar surface area (TPSA) is 72.2 Å². The zero-order chi connectivity index (χ0) is 11.1. The number of rotatable bonds is 4. The van der Waals surface area contributed by atoms with Crippen LogP contribution in [0, 0.1) is 5.41 Å². The summed E-state index contributed by atoms with van der Waals surface area (Å²) < 4.78 is 25.9. The van der Waals surface area contributed by atoms with Gasteiger partial charge in [-0.05, 0) is 18.8 Å². The highest BCUT2D eigenvalue weighted by molar-refractivity contribution is 7.93. The monoisotopic (exact) mass is 236 g/mol. The van der Waals surface area contributed by atoms with E-state index in [0.717, 1.165) is 6.42 Å². The van der Waals surface area contributed by atoms with Gasteiger partial charge in [0.2, 0.25) is 10.0 Å². The molecule has 1 rings (SSSR count). The second kappa shape index (κ2) is 3.43. The van der Waals surface area contributed by atoms with Crippen molar-refractivity contribution >= 4 is 27.2 Å². The first kappa shape index (κ1) is 11.9. The predicted octanol–water partition coefficient (Wildman–Crippen LogP) is 0.379. The molecule has 6 heteroatoms. The van der Waals surface area contributed by atoms with Crippen LogP contribution in [0.15, 0.2) is 0 Å². The normalized spacial score (nSPS) is 26.9. The van der Waals surface area contributed by atoms with Crippen LogP contribution >= 0.6 is 12.2 Å². The van der Waals surface area contributed by atoms with Crippen LogP contribution in [0.4, 0.5) is 0 Å². The maximum Gasteiger partial charge on any atom is 0.221 e. The fourth-order valence-electron chi connectivity index (χ4n) is 1.12. The van der Waals surface area contributed by atoms with Gasteiger partial charge in [-0.3, -0.25) is 0 Å². The minimum atomic E-state index is -3.38. The summed E-state index contributed by atoms with van der Waals surface area (Å²) in [7, 11) is -3.38. The lowest BCUT2D eigenvalue weighted by molar-refractivity contribution is 0.552. The van der Waals surface area contributed by atoms with E-state index in [2.05, 4.69) is 16.9 Å². The van der Waals surface area contributed by atoms with E-state index < -0.39 is 15.3 Å². The SMILES string of the molecule is CC(C(N)=S)S(=O)(=O)NC1CC1(C)C. The number of thiocarbonyl (C=S) groups is 1. The van der Waals surface area contributed by atoms with Gasteiger partial charge in [0, 0.05) is 6.04 Å². The summed E-state index contributed by atoms with van der Waals surface area (Å²) in [5.41, 5.74) is 5.37. The minimum Gasteiger partial charge on any atom is -0.392 e. The highest BCUT2D eigenvalue weighted by atomic mass is 32.2. The second-order valence-electron chi connectivity index (χ2n) is 4.45. The number of nitrogens with two attached hydrogens (primary N) is 1. The van der Waals surface area contributed by atoms with Gasteiger partial charge >= 0.3 is 0 Å². The van der Waals surface area contributed by atoms with Crippen LogP contribution in [0.25, 0.3) is 0 Å².